The maximum atomic E-state index is 10.9. The first-order chi connectivity index (χ1) is 8.04. The minimum absolute atomic E-state index is 0.00716. The molecule has 0 aliphatic carbocycles. The average Bonchev–Trinajstić information content (AvgIpc) is 2.30. The molecular weight excluding hydrogens is 220 g/mol. The highest BCUT2D eigenvalue weighted by Gasteiger charge is 2.06. The Morgan fingerprint density at radius 1 is 1.41 bits per heavy atom. The topological polar surface area (TPSA) is 63.6 Å². The molecule has 0 amide bonds. The fourth-order valence-electron chi connectivity index (χ4n) is 1.22. The van der Waals surface area contributed by atoms with E-state index in [2.05, 4.69) is 16.6 Å². The van der Waals surface area contributed by atoms with Crippen LogP contribution in [-0.4, -0.2) is 24.2 Å². The van der Waals surface area contributed by atoms with Gasteiger partial charge in [0.05, 0.1) is 12.7 Å². The van der Waals surface area contributed by atoms with Gasteiger partial charge in [-0.05, 0) is 24.6 Å². The largest absolute Gasteiger partial charge is 0.478 e. The quantitative estimate of drug-likeness (QED) is 0.621. The van der Waals surface area contributed by atoms with Crippen LogP contribution in [0, 0.1) is 18.8 Å². The number of hydrogen-bond acceptors (Lipinski definition) is 3. The fraction of sp³-hybridized carbons (Fsp3) is 0.231. The third-order valence-corrected chi connectivity index (χ3v) is 2.16. The molecule has 0 bridgehead atoms. The molecule has 4 nitrogen and oxygen atoms in total. The number of carbonyl (C=O) groups excluding carboxylic acids is 1. The van der Waals surface area contributed by atoms with Gasteiger partial charge in [-0.2, -0.15) is 0 Å². The lowest BCUT2D eigenvalue weighted by Gasteiger charge is -2.00. The Labute approximate surface area is 99.2 Å². The molecular formula is C13H12O4. The van der Waals surface area contributed by atoms with Crippen molar-refractivity contribution < 1.29 is 19.4 Å². The Kier molecular flexibility index (Phi) is 4.29. The Balaban J connectivity index is 2.89. The van der Waals surface area contributed by atoms with Crippen LogP contribution in [0.2, 0.25) is 0 Å². The second-order valence-electron chi connectivity index (χ2n) is 3.39. The molecule has 1 rings (SSSR count). The van der Waals surface area contributed by atoms with Gasteiger partial charge in [0.1, 0.15) is 6.42 Å². The van der Waals surface area contributed by atoms with E-state index in [-0.39, 0.29) is 12.0 Å². The average molecular weight is 232 g/mol. The summed E-state index contributed by atoms with van der Waals surface area (Å²) in [6.07, 6.45) is -0.00716. The second kappa shape index (κ2) is 5.71. The lowest BCUT2D eigenvalue weighted by Crippen LogP contribution is -2.00. The first-order valence-corrected chi connectivity index (χ1v) is 4.94. The minimum Gasteiger partial charge on any atom is -0.478 e. The number of methoxy groups -OCH3 is 1. The number of aromatic carboxylic acids is 1. The van der Waals surface area contributed by atoms with Crippen molar-refractivity contribution in [1.29, 1.82) is 0 Å². The van der Waals surface area contributed by atoms with Gasteiger partial charge in [0, 0.05) is 5.56 Å². The number of carbonyl (C=O) groups is 2. The first kappa shape index (κ1) is 12.8. The third-order valence-electron chi connectivity index (χ3n) is 2.16. The number of carboxylic acids is 1. The highest BCUT2D eigenvalue weighted by Crippen LogP contribution is 2.10. The van der Waals surface area contributed by atoms with Crippen LogP contribution in [0.4, 0.5) is 0 Å². The summed E-state index contributed by atoms with van der Waals surface area (Å²) in [6, 6.07) is 4.89. The number of aryl methyl sites for hydroxylation is 1. The Hall–Kier alpha value is -2.28. The van der Waals surface area contributed by atoms with Crippen LogP contribution in [-0.2, 0) is 9.53 Å². The van der Waals surface area contributed by atoms with Gasteiger partial charge in [-0.25, -0.2) is 4.79 Å². The molecule has 0 saturated carbocycles. The van der Waals surface area contributed by atoms with E-state index in [1.165, 1.54) is 13.2 Å². The van der Waals surface area contributed by atoms with Gasteiger partial charge in [-0.15, -0.1) is 0 Å². The van der Waals surface area contributed by atoms with Gasteiger partial charge in [0.15, 0.2) is 0 Å². The molecule has 17 heavy (non-hydrogen) atoms. The second-order valence-corrected chi connectivity index (χ2v) is 3.39. The molecule has 0 spiro atoms. The van der Waals surface area contributed by atoms with Gasteiger partial charge in [-0.1, -0.05) is 17.9 Å². The molecule has 0 saturated heterocycles. The maximum Gasteiger partial charge on any atom is 0.335 e. The standard InChI is InChI=1S/C13H12O4/c1-9-6-7-10(8-11(9)13(15)16)4-3-5-12(14)17-2/h6-8H,5H2,1-2H3,(H,15,16). The predicted octanol–water partition coefficient (Wildman–Crippen LogP) is 1.61. The molecule has 0 radical (unpaired) electrons. The molecule has 1 N–H and O–H groups in total. The highest BCUT2D eigenvalue weighted by atomic mass is 16.5. The summed E-state index contributed by atoms with van der Waals surface area (Å²) in [6.45, 7) is 1.72. The Morgan fingerprint density at radius 2 is 2.12 bits per heavy atom. The number of rotatable bonds is 2. The summed E-state index contributed by atoms with van der Waals surface area (Å²) in [5, 5.41) is 8.92. The number of hydrogen-bond donors (Lipinski definition) is 1. The van der Waals surface area contributed by atoms with Gasteiger partial charge < -0.3 is 9.84 Å². The van der Waals surface area contributed by atoms with E-state index in [0.29, 0.717) is 11.1 Å². The van der Waals surface area contributed by atoms with Crippen molar-refractivity contribution in [2.45, 2.75) is 13.3 Å². The van der Waals surface area contributed by atoms with Crippen molar-refractivity contribution in [1.82, 2.24) is 0 Å². The molecule has 1 aromatic rings. The fourth-order valence-corrected chi connectivity index (χ4v) is 1.22. The van der Waals surface area contributed by atoms with Crippen molar-refractivity contribution in [2.75, 3.05) is 7.11 Å². The van der Waals surface area contributed by atoms with Gasteiger partial charge in [0.2, 0.25) is 0 Å². The maximum absolute atomic E-state index is 10.9. The number of carboxylic acid groups (broad SMARTS) is 1. The molecule has 0 aliphatic rings. The molecule has 0 atom stereocenters. The van der Waals surface area contributed by atoms with Gasteiger partial charge >= 0.3 is 11.9 Å². The van der Waals surface area contributed by atoms with E-state index in [0.717, 1.165) is 0 Å². The molecule has 1 aromatic carbocycles. The molecule has 0 unspecified atom stereocenters. The lowest BCUT2D eigenvalue weighted by atomic mass is 10.1. The molecule has 0 fully saturated rings. The normalized spacial score (nSPS) is 9.06. The van der Waals surface area contributed by atoms with Crippen molar-refractivity contribution in [2.24, 2.45) is 0 Å². The monoisotopic (exact) mass is 232 g/mol. The lowest BCUT2D eigenvalue weighted by molar-refractivity contribution is -0.139. The summed E-state index contributed by atoms with van der Waals surface area (Å²) in [4.78, 5) is 21.7. The number of benzene rings is 1. The van der Waals surface area contributed by atoms with Crippen molar-refractivity contribution >= 4 is 11.9 Å². The van der Waals surface area contributed by atoms with Crippen LogP contribution in [0.1, 0.15) is 27.9 Å². The van der Waals surface area contributed by atoms with E-state index in [1.54, 1.807) is 19.1 Å². The van der Waals surface area contributed by atoms with Crippen LogP contribution < -0.4 is 0 Å². The summed E-state index contributed by atoms with van der Waals surface area (Å²) in [5.41, 5.74) is 1.46. The number of ether oxygens (including phenoxy) is 1. The zero-order valence-corrected chi connectivity index (χ0v) is 9.61. The van der Waals surface area contributed by atoms with Crippen LogP contribution in [0.25, 0.3) is 0 Å². The van der Waals surface area contributed by atoms with Crippen LogP contribution in [0.15, 0.2) is 18.2 Å². The Bertz CT molecular complexity index is 506. The minimum atomic E-state index is -0.987. The summed E-state index contributed by atoms with van der Waals surface area (Å²) < 4.78 is 4.43. The summed E-state index contributed by atoms with van der Waals surface area (Å²) in [5.74, 6) is 3.94. The molecule has 0 aliphatic heterocycles. The SMILES string of the molecule is COC(=O)CC#Cc1ccc(C)c(C(=O)O)c1. The summed E-state index contributed by atoms with van der Waals surface area (Å²) in [7, 11) is 1.29. The van der Waals surface area contributed by atoms with Crippen molar-refractivity contribution in [3.63, 3.8) is 0 Å². The highest BCUT2D eigenvalue weighted by molar-refractivity contribution is 5.89. The van der Waals surface area contributed by atoms with Crippen LogP contribution in [0.3, 0.4) is 0 Å². The third kappa shape index (κ3) is 3.65. The zero-order valence-electron chi connectivity index (χ0n) is 9.61. The molecule has 4 heteroatoms. The van der Waals surface area contributed by atoms with E-state index >= 15 is 0 Å². The Morgan fingerprint density at radius 3 is 2.71 bits per heavy atom. The van der Waals surface area contributed by atoms with Gasteiger partial charge in [0.25, 0.3) is 0 Å². The smallest absolute Gasteiger partial charge is 0.335 e. The van der Waals surface area contributed by atoms with Crippen molar-refractivity contribution in [3.05, 3.63) is 34.9 Å². The molecule has 0 heterocycles. The van der Waals surface area contributed by atoms with Crippen LogP contribution in [0.5, 0.6) is 0 Å². The first-order valence-electron chi connectivity index (χ1n) is 4.94. The van der Waals surface area contributed by atoms with Gasteiger partial charge in [-0.3, -0.25) is 4.79 Å². The van der Waals surface area contributed by atoms with Crippen LogP contribution >= 0.6 is 0 Å². The van der Waals surface area contributed by atoms with E-state index in [4.69, 9.17) is 5.11 Å². The predicted molar refractivity (Wildman–Crippen MR) is 61.6 cm³/mol. The number of esters is 1. The summed E-state index contributed by atoms with van der Waals surface area (Å²) >= 11 is 0. The van der Waals surface area contributed by atoms with Crippen molar-refractivity contribution in [3.8, 4) is 11.8 Å². The van der Waals surface area contributed by atoms with E-state index in [1.807, 2.05) is 0 Å². The molecule has 0 aromatic heterocycles. The zero-order chi connectivity index (χ0) is 12.8. The molecule has 88 valence electrons. The van der Waals surface area contributed by atoms with E-state index < -0.39 is 11.9 Å². The van der Waals surface area contributed by atoms with E-state index in [9.17, 15) is 9.59 Å².